The predicted molar refractivity (Wildman–Crippen MR) is 90.5 cm³/mol. The van der Waals surface area contributed by atoms with Gasteiger partial charge < -0.3 is 4.90 Å². The van der Waals surface area contributed by atoms with Crippen molar-refractivity contribution in [1.29, 1.82) is 0 Å². The number of fused-ring (bicyclic) bond motifs is 1. The molecular weight excluding hydrogens is 308 g/mol. The van der Waals surface area contributed by atoms with E-state index in [9.17, 15) is 4.79 Å². The second-order valence-corrected chi connectivity index (χ2v) is 5.89. The van der Waals surface area contributed by atoms with E-state index in [1.165, 1.54) is 0 Å². The number of ketones is 1. The van der Waals surface area contributed by atoms with E-state index in [1.807, 2.05) is 71.8 Å². The minimum atomic E-state index is -0.898. The molecular formula is C19H13ClN2O. The number of hydrogen-bond donors (Lipinski definition) is 0. The lowest BCUT2D eigenvalue weighted by molar-refractivity contribution is -0.120. The second kappa shape index (κ2) is 5.21. The Morgan fingerprint density at radius 3 is 2.61 bits per heavy atom. The summed E-state index contributed by atoms with van der Waals surface area (Å²) >= 11 is 5.97. The van der Waals surface area contributed by atoms with Gasteiger partial charge in [-0.1, -0.05) is 35.9 Å². The number of hydrogen-bond acceptors (Lipinski definition) is 3. The second-order valence-electron chi connectivity index (χ2n) is 5.45. The van der Waals surface area contributed by atoms with Crippen LogP contribution in [0.2, 0.25) is 5.02 Å². The van der Waals surface area contributed by atoms with Gasteiger partial charge >= 0.3 is 0 Å². The first-order valence-corrected chi connectivity index (χ1v) is 7.68. The normalized spacial score (nSPS) is 22.2. The van der Waals surface area contributed by atoms with E-state index in [1.54, 1.807) is 12.3 Å². The summed E-state index contributed by atoms with van der Waals surface area (Å²) in [6, 6.07) is 13.1. The van der Waals surface area contributed by atoms with Gasteiger partial charge in [-0.2, -0.15) is 0 Å². The van der Waals surface area contributed by atoms with Gasteiger partial charge in [-0.15, -0.1) is 0 Å². The molecule has 112 valence electrons. The lowest BCUT2D eigenvalue weighted by Gasteiger charge is -2.37. The molecule has 1 aromatic heterocycles. The van der Waals surface area contributed by atoms with Crippen molar-refractivity contribution < 1.29 is 4.79 Å². The van der Waals surface area contributed by atoms with E-state index in [2.05, 4.69) is 4.98 Å². The van der Waals surface area contributed by atoms with Crippen molar-refractivity contribution in [3.8, 4) is 0 Å². The van der Waals surface area contributed by atoms with Crippen LogP contribution >= 0.6 is 11.6 Å². The van der Waals surface area contributed by atoms with Crippen LogP contribution in [0.4, 0.5) is 0 Å². The standard InChI is InChI=1S/C19H13ClN2O/c20-15-8-6-14(7-9-15)16-13-18(23)19(10-2-4-12-22(16)19)17-5-1-3-11-21-17/h1-13H. The van der Waals surface area contributed by atoms with Crippen molar-refractivity contribution in [2.75, 3.05) is 0 Å². The molecule has 0 radical (unpaired) electrons. The fraction of sp³-hybridized carbons (Fsp3) is 0.0526. The van der Waals surface area contributed by atoms with E-state index < -0.39 is 5.54 Å². The molecule has 0 saturated carbocycles. The highest BCUT2D eigenvalue weighted by Gasteiger charge is 2.49. The van der Waals surface area contributed by atoms with Gasteiger partial charge in [-0.05, 0) is 42.0 Å². The summed E-state index contributed by atoms with van der Waals surface area (Å²) in [5, 5.41) is 0.670. The van der Waals surface area contributed by atoms with Crippen LogP contribution in [0.5, 0.6) is 0 Å². The zero-order valence-corrected chi connectivity index (χ0v) is 12.9. The Labute approximate surface area is 139 Å². The number of rotatable bonds is 2. The van der Waals surface area contributed by atoms with Crippen LogP contribution < -0.4 is 0 Å². The number of carbonyl (C=O) groups excluding carboxylic acids is 1. The molecule has 0 bridgehead atoms. The van der Waals surface area contributed by atoms with Crippen molar-refractivity contribution in [1.82, 2.24) is 9.88 Å². The van der Waals surface area contributed by atoms with Crippen molar-refractivity contribution >= 4 is 23.1 Å². The van der Waals surface area contributed by atoms with Crippen LogP contribution in [0, 0.1) is 0 Å². The SMILES string of the molecule is O=C1C=C(c2ccc(Cl)cc2)N2C=CC=CC12c1ccccn1. The lowest BCUT2D eigenvalue weighted by Crippen LogP contribution is -2.43. The Kier molecular flexibility index (Phi) is 3.17. The Hall–Kier alpha value is -2.65. The number of benzene rings is 1. The summed E-state index contributed by atoms with van der Waals surface area (Å²) in [7, 11) is 0. The molecule has 0 aliphatic carbocycles. The average molecular weight is 321 g/mol. The molecule has 0 spiro atoms. The molecule has 0 saturated heterocycles. The minimum Gasteiger partial charge on any atom is -0.325 e. The van der Waals surface area contributed by atoms with E-state index in [0.717, 1.165) is 11.3 Å². The summed E-state index contributed by atoms with van der Waals surface area (Å²) in [5.41, 5.74) is 1.61. The molecule has 1 atom stereocenters. The van der Waals surface area contributed by atoms with Crippen molar-refractivity contribution in [2.24, 2.45) is 0 Å². The average Bonchev–Trinajstić information content (AvgIpc) is 2.91. The number of pyridine rings is 1. The molecule has 0 N–H and O–H groups in total. The quantitative estimate of drug-likeness (QED) is 0.840. The van der Waals surface area contributed by atoms with Gasteiger partial charge in [0.1, 0.15) is 0 Å². The number of halogens is 1. The minimum absolute atomic E-state index is 0.00162. The largest absolute Gasteiger partial charge is 0.325 e. The number of nitrogens with zero attached hydrogens (tertiary/aromatic N) is 2. The zero-order chi connectivity index (χ0) is 15.9. The molecule has 1 unspecified atom stereocenters. The van der Waals surface area contributed by atoms with Gasteiger partial charge in [0.25, 0.3) is 0 Å². The highest BCUT2D eigenvalue weighted by molar-refractivity contribution is 6.30. The van der Waals surface area contributed by atoms with E-state index >= 15 is 0 Å². The topological polar surface area (TPSA) is 33.2 Å². The molecule has 2 aromatic rings. The lowest BCUT2D eigenvalue weighted by atomic mass is 9.88. The summed E-state index contributed by atoms with van der Waals surface area (Å²) in [4.78, 5) is 19.3. The number of aromatic nitrogens is 1. The molecule has 4 rings (SSSR count). The Bertz CT molecular complexity index is 853. The summed E-state index contributed by atoms with van der Waals surface area (Å²) in [5.74, 6) is 0.00162. The van der Waals surface area contributed by atoms with Gasteiger partial charge in [-0.3, -0.25) is 9.78 Å². The summed E-state index contributed by atoms with van der Waals surface area (Å²) in [6.45, 7) is 0. The van der Waals surface area contributed by atoms with Crippen LogP contribution in [0.3, 0.4) is 0 Å². The highest BCUT2D eigenvalue weighted by atomic mass is 35.5. The summed E-state index contributed by atoms with van der Waals surface area (Å²) < 4.78 is 0. The van der Waals surface area contributed by atoms with Gasteiger partial charge in [0, 0.05) is 23.5 Å². The smallest absolute Gasteiger partial charge is 0.193 e. The molecule has 3 heterocycles. The van der Waals surface area contributed by atoms with E-state index in [-0.39, 0.29) is 5.78 Å². The highest BCUT2D eigenvalue weighted by Crippen LogP contribution is 2.44. The van der Waals surface area contributed by atoms with Crippen LogP contribution in [-0.4, -0.2) is 15.7 Å². The molecule has 1 aromatic carbocycles. The van der Waals surface area contributed by atoms with Crippen LogP contribution in [0.25, 0.3) is 5.70 Å². The maximum atomic E-state index is 12.9. The Morgan fingerprint density at radius 1 is 1.04 bits per heavy atom. The van der Waals surface area contributed by atoms with Crippen molar-refractivity contribution in [2.45, 2.75) is 5.54 Å². The first-order chi connectivity index (χ1) is 11.2. The maximum Gasteiger partial charge on any atom is 0.193 e. The number of allylic oxidation sites excluding steroid dienone is 2. The third-order valence-corrected chi connectivity index (χ3v) is 4.41. The third kappa shape index (κ3) is 2.05. The first-order valence-electron chi connectivity index (χ1n) is 7.31. The monoisotopic (exact) mass is 320 g/mol. The number of carbonyl (C=O) groups is 1. The van der Waals surface area contributed by atoms with Crippen LogP contribution in [-0.2, 0) is 10.3 Å². The summed E-state index contributed by atoms with van der Waals surface area (Å²) in [6.07, 6.45) is 11.0. The zero-order valence-electron chi connectivity index (χ0n) is 12.2. The Morgan fingerprint density at radius 2 is 1.87 bits per heavy atom. The van der Waals surface area contributed by atoms with Crippen LogP contribution in [0.1, 0.15) is 11.3 Å². The molecule has 0 fully saturated rings. The van der Waals surface area contributed by atoms with Gasteiger partial charge in [0.05, 0.1) is 11.4 Å². The van der Waals surface area contributed by atoms with E-state index in [4.69, 9.17) is 11.6 Å². The van der Waals surface area contributed by atoms with Gasteiger partial charge in [-0.25, -0.2) is 0 Å². The van der Waals surface area contributed by atoms with Gasteiger partial charge in [0.2, 0.25) is 0 Å². The fourth-order valence-corrected chi connectivity index (χ4v) is 3.20. The third-order valence-electron chi connectivity index (χ3n) is 4.16. The molecule has 2 aliphatic rings. The molecule has 23 heavy (non-hydrogen) atoms. The van der Waals surface area contributed by atoms with E-state index in [0.29, 0.717) is 10.7 Å². The first kappa shape index (κ1) is 14.0. The molecule has 2 aliphatic heterocycles. The fourth-order valence-electron chi connectivity index (χ4n) is 3.07. The molecule has 0 amide bonds. The van der Waals surface area contributed by atoms with Crippen molar-refractivity contribution in [3.63, 3.8) is 0 Å². The molecule has 3 nitrogen and oxygen atoms in total. The predicted octanol–water partition coefficient (Wildman–Crippen LogP) is 3.94. The Balaban J connectivity index is 1.86. The van der Waals surface area contributed by atoms with Crippen LogP contribution in [0.15, 0.2) is 79.2 Å². The van der Waals surface area contributed by atoms with Gasteiger partial charge in [0.15, 0.2) is 11.3 Å². The van der Waals surface area contributed by atoms with Crippen molar-refractivity contribution in [3.05, 3.63) is 95.4 Å². The maximum absolute atomic E-state index is 12.9. The molecule has 4 heteroatoms.